The first-order valence-electron chi connectivity index (χ1n) is 6.11. The Morgan fingerprint density at radius 2 is 2.16 bits per heavy atom. The molecule has 0 aliphatic heterocycles. The summed E-state index contributed by atoms with van der Waals surface area (Å²) in [5, 5.41) is 11.8. The van der Waals surface area contributed by atoms with Gasteiger partial charge in [-0.05, 0) is 31.0 Å². The second kappa shape index (κ2) is 5.60. The van der Waals surface area contributed by atoms with E-state index in [1.807, 2.05) is 0 Å². The number of nitrogens with two attached hydrogens (primary N) is 1. The minimum atomic E-state index is -1.10. The molecule has 0 heterocycles. The number of hydrogen-bond donors (Lipinski definition) is 3. The zero-order chi connectivity index (χ0) is 13.8. The van der Waals surface area contributed by atoms with E-state index in [0.717, 1.165) is 12.8 Å². The molecular formula is C13H16N2O4. The molecule has 6 heteroatoms. The van der Waals surface area contributed by atoms with E-state index in [2.05, 4.69) is 5.32 Å². The third kappa shape index (κ3) is 3.87. The molecule has 1 fully saturated rings. The molecule has 19 heavy (non-hydrogen) atoms. The Balaban J connectivity index is 1.83. The summed E-state index contributed by atoms with van der Waals surface area (Å²) in [5.74, 6) is -0.753. The number of carbonyl (C=O) groups excluding carboxylic acids is 1. The number of nitrogens with one attached hydrogen (secondary N) is 1. The number of amides is 1. The summed E-state index contributed by atoms with van der Waals surface area (Å²) in [6.45, 7) is 0.210. The summed E-state index contributed by atoms with van der Waals surface area (Å²) in [7, 11) is 0. The number of anilines is 1. The number of hydrogen-bond acceptors (Lipinski definition) is 4. The predicted molar refractivity (Wildman–Crippen MR) is 69.1 cm³/mol. The van der Waals surface area contributed by atoms with Gasteiger partial charge in [0.1, 0.15) is 5.75 Å². The molecule has 0 unspecified atom stereocenters. The summed E-state index contributed by atoms with van der Waals surface area (Å²) in [4.78, 5) is 22.3. The van der Waals surface area contributed by atoms with Crippen LogP contribution in [0.2, 0.25) is 0 Å². The van der Waals surface area contributed by atoms with Crippen molar-refractivity contribution in [1.29, 1.82) is 0 Å². The van der Waals surface area contributed by atoms with Crippen molar-refractivity contribution in [3.63, 3.8) is 0 Å². The highest BCUT2D eigenvalue weighted by Gasteiger charge is 2.22. The van der Waals surface area contributed by atoms with Gasteiger partial charge in [0.25, 0.3) is 0 Å². The lowest BCUT2D eigenvalue weighted by atomic mass is 10.2. The van der Waals surface area contributed by atoms with E-state index in [1.165, 1.54) is 12.1 Å². The second-order valence-corrected chi connectivity index (χ2v) is 4.49. The van der Waals surface area contributed by atoms with Gasteiger partial charge in [-0.2, -0.15) is 0 Å². The summed E-state index contributed by atoms with van der Waals surface area (Å²) >= 11 is 0. The number of nitrogen functional groups attached to an aromatic ring is 1. The number of carbonyl (C=O) groups is 2. The Labute approximate surface area is 110 Å². The van der Waals surface area contributed by atoms with Crippen molar-refractivity contribution in [2.24, 2.45) is 0 Å². The first kappa shape index (κ1) is 13.2. The van der Waals surface area contributed by atoms with Crippen molar-refractivity contribution in [2.75, 3.05) is 12.3 Å². The Morgan fingerprint density at radius 3 is 2.79 bits per heavy atom. The van der Waals surface area contributed by atoms with Gasteiger partial charge in [0.15, 0.2) is 0 Å². The summed E-state index contributed by atoms with van der Waals surface area (Å²) < 4.78 is 5.34. The third-order valence-electron chi connectivity index (χ3n) is 2.80. The van der Waals surface area contributed by atoms with Gasteiger partial charge in [0.05, 0.1) is 18.6 Å². The Kier molecular flexibility index (Phi) is 3.89. The molecule has 1 saturated carbocycles. The quantitative estimate of drug-likeness (QED) is 0.666. The molecule has 0 radical (unpaired) electrons. The topological polar surface area (TPSA) is 102 Å². The van der Waals surface area contributed by atoms with E-state index in [-0.39, 0.29) is 30.2 Å². The summed E-state index contributed by atoms with van der Waals surface area (Å²) in [6, 6.07) is 4.75. The fraction of sp³-hybridized carbons (Fsp3) is 0.385. The van der Waals surface area contributed by atoms with E-state index in [9.17, 15) is 9.59 Å². The highest BCUT2D eigenvalue weighted by atomic mass is 16.5. The van der Waals surface area contributed by atoms with Crippen LogP contribution in [0.4, 0.5) is 5.69 Å². The average molecular weight is 264 g/mol. The highest BCUT2D eigenvalue weighted by molar-refractivity contribution is 5.94. The van der Waals surface area contributed by atoms with Gasteiger partial charge >= 0.3 is 5.97 Å². The number of rotatable bonds is 6. The maximum atomic E-state index is 11.4. The highest BCUT2D eigenvalue weighted by Crippen LogP contribution is 2.20. The van der Waals surface area contributed by atoms with Crippen LogP contribution >= 0.6 is 0 Å². The zero-order valence-corrected chi connectivity index (χ0v) is 10.4. The van der Waals surface area contributed by atoms with Crippen LogP contribution in [0, 0.1) is 0 Å². The van der Waals surface area contributed by atoms with E-state index in [1.54, 1.807) is 6.07 Å². The molecule has 4 N–H and O–H groups in total. The first-order chi connectivity index (χ1) is 9.06. The summed E-state index contributed by atoms with van der Waals surface area (Å²) in [5.41, 5.74) is 5.71. The van der Waals surface area contributed by atoms with E-state index < -0.39 is 5.97 Å². The molecule has 1 aromatic carbocycles. The maximum absolute atomic E-state index is 11.4. The number of aromatic carboxylic acids is 1. The lowest BCUT2D eigenvalue weighted by Crippen LogP contribution is -2.26. The molecule has 0 bridgehead atoms. The first-order valence-corrected chi connectivity index (χ1v) is 6.11. The minimum absolute atomic E-state index is 0.0000630. The number of carboxylic acids is 1. The Hall–Kier alpha value is -2.24. The van der Waals surface area contributed by atoms with Crippen LogP contribution in [0.3, 0.4) is 0 Å². The van der Waals surface area contributed by atoms with Crippen LogP contribution < -0.4 is 15.8 Å². The average Bonchev–Trinajstić information content (AvgIpc) is 3.14. The minimum Gasteiger partial charge on any atom is -0.493 e. The maximum Gasteiger partial charge on any atom is 0.337 e. The third-order valence-corrected chi connectivity index (χ3v) is 2.80. The number of benzene rings is 1. The molecule has 1 aliphatic carbocycles. The molecule has 102 valence electrons. The molecular weight excluding hydrogens is 248 g/mol. The lowest BCUT2D eigenvalue weighted by Gasteiger charge is -2.08. The monoisotopic (exact) mass is 264 g/mol. The molecule has 0 spiro atoms. The van der Waals surface area contributed by atoms with Crippen molar-refractivity contribution in [3.05, 3.63) is 23.8 Å². The van der Waals surface area contributed by atoms with Crippen molar-refractivity contribution in [2.45, 2.75) is 25.3 Å². The molecule has 2 rings (SSSR count). The molecule has 1 amide bonds. The van der Waals surface area contributed by atoms with E-state index in [4.69, 9.17) is 15.6 Å². The Morgan fingerprint density at radius 1 is 1.42 bits per heavy atom. The molecule has 6 nitrogen and oxygen atoms in total. The van der Waals surface area contributed by atoms with Crippen LogP contribution in [-0.4, -0.2) is 29.6 Å². The molecule has 1 aromatic rings. The predicted octanol–water partition coefficient (Wildman–Crippen LogP) is 1.01. The SMILES string of the molecule is Nc1ccc(OCCC(=O)NC2CC2)cc1C(=O)O. The second-order valence-electron chi connectivity index (χ2n) is 4.49. The van der Waals surface area contributed by atoms with Crippen molar-refractivity contribution in [3.8, 4) is 5.75 Å². The van der Waals surface area contributed by atoms with Crippen LogP contribution in [0.25, 0.3) is 0 Å². The van der Waals surface area contributed by atoms with Gasteiger partial charge in [0, 0.05) is 11.7 Å². The zero-order valence-electron chi connectivity index (χ0n) is 10.4. The van der Waals surface area contributed by atoms with Gasteiger partial charge in [0.2, 0.25) is 5.91 Å². The fourth-order valence-corrected chi connectivity index (χ4v) is 1.60. The van der Waals surface area contributed by atoms with E-state index >= 15 is 0 Å². The van der Waals surface area contributed by atoms with Gasteiger partial charge in [-0.25, -0.2) is 4.79 Å². The largest absolute Gasteiger partial charge is 0.493 e. The fourth-order valence-electron chi connectivity index (χ4n) is 1.60. The number of carboxylic acid groups (broad SMARTS) is 1. The van der Waals surface area contributed by atoms with Crippen molar-refractivity contribution >= 4 is 17.6 Å². The lowest BCUT2D eigenvalue weighted by molar-refractivity contribution is -0.121. The summed E-state index contributed by atoms with van der Waals surface area (Å²) in [6.07, 6.45) is 2.35. The Bertz CT molecular complexity index is 497. The normalized spacial score (nSPS) is 13.9. The molecule has 0 atom stereocenters. The van der Waals surface area contributed by atoms with Crippen LogP contribution in [0.5, 0.6) is 5.75 Å². The molecule has 0 saturated heterocycles. The van der Waals surface area contributed by atoms with E-state index in [0.29, 0.717) is 11.8 Å². The van der Waals surface area contributed by atoms with Crippen molar-refractivity contribution in [1.82, 2.24) is 5.32 Å². The van der Waals surface area contributed by atoms with Gasteiger partial charge in [-0.15, -0.1) is 0 Å². The van der Waals surface area contributed by atoms with Crippen LogP contribution in [0.1, 0.15) is 29.6 Å². The standard InChI is InChI=1S/C13H16N2O4/c14-11-4-3-9(7-10(11)13(17)18)19-6-5-12(16)15-8-1-2-8/h3-4,7-8H,1-2,5-6,14H2,(H,15,16)(H,17,18). The van der Waals surface area contributed by atoms with Crippen LogP contribution in [-0.2, 0) is 4.79 Å². The van der Waals surface area contributed by atoms with Gasteiger partial charge < -0.3 is 20.9 Å². The van der Waals surface area contributed by atoms with Crippen molar-refractivity contribution < 1.29 is 19.4 Å². The molecule has 0 aromatic heterocycles. The van der Waals surface area contributed by atoms with Gasteiger partial charge in [-0.1, -0.05) is 0 Å². The van der Waals surface area contributed by atoms with Gasteiger partial charge in [-0.3, -0.25) is 4.79 Å². The smallest absolute Gasteiger partial charge is 0.337 e. The van der Waals surface area contributed by atoms with Crippen LogP contribution in [0.15, 0.2) is 18.2 Å². The number of ether oxygens (including phenoxy) is 1. The molecule has 1 aliphatic rings.